The van der Waals surface area contributed by atoms with Crippen LogP contribution in [-0.4, -0.2) is 31.2 Å². The van der Waals surface area contributed by atoms with E-state index in [1.54, 1.807) is 7.05 Å². The zero-order chi connectivity index (χ0) is 8.85. The van der Waals surface area contributed by atoms with Crippen LogP contribution in [0.1, 0.15) is 13.8 Å². The lowest BCUT2D eigenvalue weighted by molar-refractivity contribution is -0.127. The quantitative estimate of drug-likeness (QED) is 0.338. The molecular formula is C8H15NO2. The monoisotopic (exact) mass is 157 g/mol. The molecule has 1 amide bonds. The summed E-state index contributed by atoms with van der Waals surface area (Å²) in [4.78, 5) is 11.7. The van der Waals surface area contributed by atoms with Crippen molar-refractivity contribution in [1.82, 2.24) is 4.90 Å². The van der Waals surface area contributed by atoms with E-state index in [-0.39, 0.29) is 6.23 Å². The van der Waals surface area contributed by atoms with Gasteiger partial charge in [-0.05, 0) is 13.8 Å². The predicted molar refractivity (Wildman–Crippen MR) is 44.1 cm³/mol. The Balaban J connectivity index is 3.59. The summed E-state index contributed by atoms with van der Waals surface area (Å²) < 4.78 is 5.25. The Labute approximate surface area is 67.6 Å². The fraction of sp³-hybridized carbons (Fsp3) is 0.625. The van der Waals surface area contributed by atoms with E-state index < -0.39 is 0 Å². The minimum Gasteiger partial charge on any atom is -0.354 e. The lowest BCUT2D eigenvalue weighted by Crippen LogP contribution is -2.30. The van der Waals surface area contributed by atoms with Gasteiger partial charge in [-0.1, -0.05) is 12.2 Å². The van der Waals surface area contributed by atoms with E-state index in [9.17, 15) is 4.79 Å². The van der Waals surface area contributed by atoms with E-state index >= 15 is 0 Å². The Morgan fingerprint density at radius 1 is 1.82 bits per heavy atom. The Morgan fingerprint density at radius 2 is 2.36 bits per heavy atom. The van der Waals surface area contributed by atoms with Gasteiger partial charge in [0.15, 0.2) is 0 Å². The van der Waals surface area contributed by atoms with Crippen molar-refractivity contribution in [2.45, 2.75) is 20.1 Å². The molecule has 1 atom stereocenters. The van der Waals surface area contributed by atoms with Crippen LogP contribution in [0.2, 0.25) is 0 Å². The van der Waals surface area contributed by atoms with Crippen molar-refractivity contribution in [2.75, 3.05) is 13.7 Å². The minimum atomic E-state index is -0.177. The van der Waals surface area contributed by atoms with E-state index in [2.05, 4.69) is 6.58 Å². The molecule has 3 heteroatoms. The number of rotatable bonds is 5. The van der Waals surface area contributed by atoms with Crippen LogP contribution >= 0.6 is 0 Å². The summed E-state index contributed by atoms with van der Waals surface area (Å²) in [6.07, 6.45) is 0.563. The third kappa shape index (κ3) is 4.56. The molecule has 0 fully saturated rings. The number of carbonyl (C=O) groups excluding carboxylic acids is 1. The highest BCUT2D eigenvalue weighted by Crippen LogP contribution is 1.97. The molecule has 0 aromatic carbocycles. The Kier molecular flexibility index (Phi) is 4.54. The van der Waals surface area contributed by atoms with Crippen LogP contribution in [0.4, 0.5) is 0 Å². The van der Waals surface area contributed by atoms with Crippen LogP contribution in [0.3, 0.4) is 0 Å². The summed E-state index contributed by atoms with van der Waals surface area (Å²) in [6, 6.07) is 0. The van der Waals surface area contributed by atoms with Crippen LogP contribution in [0.15, 0.2) is 12.2 Å². The van der Waals surface area contributed by atoms with E-state index in [1.807, 2.05) is 13.8 Å². The van der Waals surface area contributed by atoms with Gasteiger partial charge in [-0.15, -0.1) is 0 Å². The Morgan fingerprint density at radius 3 is 2.73 bits per heavy atom. The normalized spacial score (nSPS) is 12.3. The molecule has 0 aliphatic carbocycles. The van der Waals surface area contributed by atoms with E-state index in [1.165, 1.54) is 4.90 Å². The zero-order valence-corrected chi connectivity index (χ0v) is 7.33. The molecule has 1 unspecified atom stereocenters. The molecule has 0 saturated carbocycles. The van der Waals surface area contributed by atoms with Crippen LogP contribution in [-0.2, 0) is 9.53 Å². The summed E-state index contributed by atoms with van der Waals surface area (Å²) in [5.41, 5.74) is 0.955. The highest BCUT2D eigenvalue weighted by molar-refractivity contribution is 5.46. The average Bonchev–Trinajstić information content (AvgIpc) is 1.98. The first-order valence-electron chi connectivity index (χ1n) is 3.51. The first kappa shape index (κ1) is 10.2. The lowest BCUT2D eigenvalue weighted by atomic mass is 10.4. The molecule has 11 heavy (non-hydrogen) atoms. The van der Waals surface area contributed by atoms with Crippen molar-refractivity contribution in [3.8, 4) is 0 Å². The van der Waals surface area contributed by atoms with Gasteiger partial charge in [-0.2, -0.15) is 0 Å². The molecule has 0 aliphatic heterocycles. The maximum atomic E-state index is 10.2. The number of amides is 1. The van der Waals surface area contributed by atoms with Crippen molar-refractivity contribution in [1.29, 1.82) is 0 Å². The zero-order valence-electron chi connectivity index (χ0n) is 7.33. The average molecular weight is 157 g/mol. The molecule has 0 N–H and O–H groups in total. The van der Waals surface area contributed by atoms with Gasteiger partial charge < -0.3 is 9.64 Å². The molecule has 0 aromatic rings. The molecule has 0 heterocycles. The number of ether oxygens (including phenoxy) is 1. The molecule has 64 valence electrons. The minimum absolute atomic E-state index is 0.177. The number of hydrogen-bond donors (Lipinski definition) is 0. The predicted octanol–water partition coefficient (Wildman–Crippen LogP) is 1.01. The molecule has 0 radical (unpaired) electrons. The van der Waals surface area contributed by atoms with E-state index in [0.29, 0.717) is 6.61 Å². The van der Waals surface area contributed by atoms with Crippen LogP contribution < -0.4 is 0 Å². The highest BCUT2D eigenvalue weighted by Gasteiger charge is 2.05. The first-order valence-corrected chi connectivity index (χ1v) is 3.51. The van der Waals surface area contributed by atoms with Gasteiger partial charge in [-0.25, -0.2) is 0 Å². The summed E-state index contributed by atoms with van der Waals surface area (Å²) in [6.45, 7) is 7.88. The topological polar surface area (TPSA) is 29.5 Å². The fourth-order valence-corrected chi connectivity index (χ4v) is 0.466. The van der Waals surface area contributed by atoms with Crippen molar-refractivity contribution in [3.05, 3.63) is 12.2 Å². The van der Waals surface area contributed by atoms with Crippen molar-refractivity contribution < 1.29 is 9.53 Å². The Hall–Kier alpha value is -0.830. The third-order valence-corrected chi connectivity index (χ3v) is 1.31. The van der Waals surface area contributed by atoms with Gasteiger partial charge in [0.1, 0.15) is 6.23 Å². The van der Waals surface area contributed by atoms with E-state index in [0.717, 1.165) is 12.0 Å². The molecule has 0 aliphatic rings. The third-order valence-electron chi connectivity index (χ3n) is 1.31. The maximum Gasteiger partial charge on any atom is 0.211 e. The molecule has 0 bridgehead atoms. The lowest BCUT2D eigenvalue weighted by Gasteiger charge is -2.20. The number of carbonyl (C=O) groups is 1. The first-order chi connectivity index (χ1) is 5.07. The molecule has 3 nitrogen and oxygen atoms in total. The second kappa shape index (κ2) is 4.91. The summed E-state index contributed by atoms with van der Waals surface area (Å²) in [5, 5.41) is 0. The second-order valence-electron chi connectivity index (χ2n) is 2.64. The summed E-state index contributed by atoms with van der Waals surface area (Å²) in [7, 11) is 1.68. The van der Waals surface area contributed by atoms with Crippen LogP contribution in [0, 0.1) is 0 Å². The van der Waals surface area contributed by atoms with E-state index in [4.69, 9.17) is 4.74 Å². The Bertz CT molecular complexity index is 145. The SMILES string of the molecule is C=C(C)COC(C)N(C)C=O. The largest absolute Gasteiger partial charge is 0.354 e. The van der Waals surface area contributed by atoms with Crippen molar-refractivity contribution in [2.24, 2.45) is 0 Å². The van der Waals surface area contributed by atoms with Crippen molar-refractivity contribution in [3.63, 3.8) is 0 Å². The van der Waals surface area contributed by atoms with Crippen LogP contribution in [0.25, 0.3) is 0 Å². The summed E-state index contributed by atoms with van der Waals surface area (Å²) >= 11 is 0. The standard InChI is InChI=1S/C8H15NO2/c1-7(2)5-11-8(3)9(4)6-10/h6,8H,1,5H2,2-4H3. The molecular weight excluding hydrogens is 142 g/mol. The van der Waals surface area contributed by atoms with Gasteiger partial charge >= 0.3 is 0 Å². The fourth-order valence-electron chi connectivity index (χ4n) is 0.466. The molecule has 0 rings (SSSR count). The smallest absolute Gasteiger partial charge is 0.211 e. The molecule has 0 aromatic heterocycles. The van der Waals surface area contributed by atoms with Gasteiger partial charge in [0.05, 0.1) is 6.61 Å². The summed E-state index contributed by atoms with van der Waals surface area (Å²) in [5.74, 6) is 0. The van der Waals surface area contributed by atoms with Gasteiger partial charge in [0.2, 0.25) is 6.41 Å². The molecule has 0 saturated heterocycles. The highest BCUT2D eigenvalue weighted by atomic mass is 16.5. The number of hydrogen-bond acceptors (Lipinski definition) is 2. The van der Waals surface area contributed by atoms with Gasteiger partial charge in [0.25, 0.3) is 0 Å². The van der Waals surface area contributed by atoms with Gasteiger partial charge in [0, 0.05) is 7.05 Å². The second-order valence-corrected chi connectivity index (χ2v) is 2.64. The molecule has 0 spiro atoms. The van der Waals surface area contributed by atoms with Crippen LogP contribution in [0.5, 0.6) is 0 Å². The van der Waals surface area contributed by atoms with Gasteiger partial charge in [-0.3, -0.25) is 4.79 Å². The van der Waals surface area contributed by atoms with Crippen molar-refractivity contribution >= 4 is 6.41 Å². The maximum absolute atomic E-state index is 10.2. The number of nitrogens with zero attached hydrogens (tertiary/aromatic N) is 1.